The summed E-state index contributed by atoms with van der Waals surface area (Å²) in [4.78, 5) is 2.48. The van der Waals surface area contributed by atoms with Gasteiger partial charge in [-0.25, -0.2) is 0 Å². The molecule has 0 N–H and O–H groups in total. The van der Waals surface area contributed by atoms with Crippen molar-refractivity contribution in [1.29, 1.82) is 0 Å². The smallest absolute Gasteiger partial charge is 0.0760 e. The van der Waals surface area contributed by atoms with E-state index in [1.807, 2.05) is 0 Å². The Bertz CT molecular complexity index is 147. The van der Waals surface area contributed by atoms with Crippen LogP contribution in [0, 0.1) is 0 Å². The number of halogens is 1. The minimum Gasteiger partial charge on any atom is -0.292 e. The molecule has 0 radical (unpaired) electrons. The van der Waals surface area contributed by atoms with Crippen molar-refractivity contribution < 1.29 is 0 Å². The van der Waals surface area contributed by atoms with Crippen LogP contribution in [0.3, 0.4) is 0 Å². The first kappa shape index (κ1) is 8.97. The molecule has 2 fully saturated rings. The Morgan fingerprint density at radius 1 is 1.45 bits per heavy atom. The molecule has 2 saturated heterocycles. The molecule has 11 heavy (non-hydrogen) atoms. The summed E-state index contributed by atoms with van der Waals surface area (Å²) >= 11 is 6.91. The SMILES string of the molecule is CN1CC2(CC1I)SCCS2. The second-order valence-corrected chi connectivity index (χ2v) is 7.81. The summed E-state index contributed by atoms with van der Waals surface area (Å²) in [5.74, 6) is 2.73. The molecule has 2 aliphatic rings. The molecule has 0 saturated carbocycles. The van der Waals surface area contributed by atoms with Gasteiger partial charge < -0.3 is 0 Å². The highest BCUT2D eigenvalue weighted by Crippen LogP contribution is 2.52. The van der Waals surface area contributed by atoms with E-state index in [9.17, 15) is 0 Å². The molecule has 2 rings (SSSR count). The molecule has 64 valence electrons. The topological polar surface area (TPSA) is 3.24 Å². The van der Waals surface area contributed by atoms with E-state index in [-0.39, 0.29) is 0 Å². The van der Waals surface area contributed by atoms with Crippen LogP contribution in [0.25, 0.3) is 0 Å². The van der Waals surface area contributed by atoms with Crippen LogP contribution in [0.15, 0.2) is 0 Å². The summed E-state index contributed by atoms with van der Waals surface area (Å²) in [5.41, 5.74) is 0. The second kappa shape index (κ2) is 3.27. The van der Waals surface area contributed by atoms with Gasteiger partial charge in [-0.05, 0) is 13.5 Å². The molecule has 0 amide bonds. The Morgan fingerprint density at radius 3 is 2.55 bits per heavy atom. The molecule has 2 aliphatic heterocycles. The highest BCUT2D eigenvalue weighted by molar-refractivity contribution is 14.1. The average molecular weight is 301 g/mol. The lowest BCUT2D eigenvalue weighted by atomic mass is 10.4. The van der Waals surface area contributed by atoms with E-state index in [2.05, 4.69) is 58.1 Å². The molecule has 1 nitrogen and oxygen atoms in total. The average Bonchev–Trinajstić information content (AvgIpc) is 2.46. The predicted octanol–water partition coefficient (Wildman–Crippen LogP) is 2.26. The molecule has 0 aromatic rings. The van der Waals surface area contributed by atoms with Crippen molar-refractivity contribution in [3.63, 3.8) is 0 Å². The van der Waals surface area contributed by atoms with E-state index in [0.717, 1.165) is 4.05 Å². The van der Waals surface area contributed by atoms with Crippen LogP contribution < -0.4 is 0 Å². The van der Waals surface area contributed by atoms with E-state index in [1.54, 1.807) is 0 Å². The third kappa shape index (κ3) is 1.69. The maximum atomic E-state index is 2.56. The zero-order valence-corrected chi connectivity index (χ0v) is 10.3. The molecule has 1 unspecified atom stereocenters. The van der Waals surface area contributed by atoms with Gasteiger partial charge in [-0.15, -0.1) is 23.5 Å². The minimum absolute atomic E-state index is 0.584. The molecule has 0 aromatic heterocycles. The van der Waals surface area contributed by atoms with Crippen LogP contribution in [-0.2, 0) is 0 Å². The lowest BCUT2D eigenvalue weighted by Gasteiger charge is -2.19. The fourth-order valence-corrected chi connectivity index (χ4v) is 6.59. The third-order valence-corrected chi connectivity index (χ3v) is 7.08. The Kier molecular flexibility index (Phi) is 2.67. The number of thioether (sulfide) groups is 2. The molecular weight excluding hydrogens is 289 g/mol. The Balaban J connectivity index is 2.06. The Morgan fingerprint density at radius 2 is 2.09 bits per heavy atom. The van der Waals surface area contributed by atoms with Crippen LogP contribution in [-0.4, -0.2) is 38.1 Å². The molecule has 0 aliphatic carbocycles. The first-order chi connectivity index (χ1) is 5.22. The van der Waals surface area contributed by atoms with Gasteiger partial charge >= 0.3 is 0 Å². The van der Waals surface area contributed by atoms with Crippen molar-refractivity contribution >= 4 is 46.1 Å². The zero-order chi connectivity index (χ0) is 7.90. The van der Waals surface area contributed by atoms with Crippen LogP contribution in [0.1, 0.15) is 6.42 Å². The maximum Gasteiger partial charge on any atom is 0.0760 e. The molecule has 4 heteroatoms. The summed E-state index contributed by atoms with van der Waals surface area (Å²) in [6.07, 6.45) is 1.37. The monoisotopic (exact) mass is 301 g/mol. The molecule has 0 aromatic carbocycles. The van der Waals surface area contributed by atoms with Crippen LogP contribution in [0.4, 0.5) is 0 Å². The number of hydrogen-bond acceptors (Lipinski definition) is 3. The van der Waals surface area contributed by atoms with Gasteiger partial charge in [-0.3, -0.25) is 4.90 Å². The fourth-order valence-electron chi connectivity index (χ4n) is 1.66. The lowest BCUT2D eigenvalue weighted by molar-refractivity contribution is 0.403. The van der Waals surface area contributed by atoms with Gasteiger partial charge in [0.1, 0.15) is 0 Å². The Labute approximate surface area is 90.2 Å². The summed E-state index contributed by atoms with van der Waals surface area (Å²) in [6, 6.07) is 0. The minimum atomic E-state index is 0.584. The number of alkyl halides is 1. The van der Waals surface area contributed by atoms with Crippen molar-refractivity contribution in [3.05, 3.63) is 0 Å². The van der Waals surface area contributed by atoms with E-state index in [0.29, 0.717) is 4.08 Å². The molecule has 0 bridgehead atoms. The molecule has 1 spiro atoms. The van der Waals surface area contributed by atoms with Gasteiger partial charge in [0.2, 0.25) is 0 Å². The van der Waals surface area contributed by atoms with Crippen LogP contribution in [0.5, 0.6) is 0 Å². The predicted molar refractivity (Wildman–Crippen MR) is 62.7 cm³/mol. The van der Waals surface area contributed by atoms with Crippen molar-refractivity contribution in [3.8, 4) is 0 Å². The van der Waals surface area contributed by atoms with Gasteiger partial charge in [0.05, 0.1) is 8.13 Å². The highest BCUT2D eigenvalue weighted by Gasteiger charge is 2.44. The first-order valence-corrected chi connectivity index (χ1v) is 7.06. The number of hydrogen-bond donors (Lipinski definition) is 0. The van der Waals surface area contributed by atoms with Crippen molar-refractivity contribution in [1.82, 2.24) is 4.90 Å². The fraction of sp³-hybridized carbons (Fsp3) is 1.00. The van der Waals surface area contributed by atoms with Crippen molar-refractivity contribution in [2.24, 2.45) is 0 Å². The van der Waals surface area contributed by atoms with Crippen molar-refractivity contribution in [2.45, 2.75) is 14.5 Å². The second-order valence-electron chi connectivity index (χ2n) is 3.16. The number of likely N-dealkylation sites (tertiary alicyclic amines) is 1. The molecular formula is C7H12INS2. The quantitative estimate of drug-likeness (QED) is 0.384. The van der Waals surface area contributed by atoms with Crippen molar-refractivity contribution in [2.75, 3.05) is 25.1 Å². The van der Waals surface area contributed by atoms with E-state index in [4.69, 9.17) is 0 Å². The van der Waals surface area contributed by atoms with E-state index in [1.165, 1.54) is 24.5 Å². The zero-order valence-electron chi connectivity index (χ0n) is 6.55. The highest BCUT2D eigenvalue weighted by atomic mass is 127. The lowest BCUT2D eigenvalue weighted by Crippen LogP contribution is -2.23. The van der Waals surface area contributed by atoms with Crippen LogP contribution >= 0.6 is 46.1 Å². The number of nitrogens with zero attached hydrogens (tertiary/aromatic N) is 1. The maximum absolute atomic E-state index is 2.56. The first-order valence-electron chi connectivity index (χ1n) is 3.84. The number of rotatable bonds is 0. The van der Waals surface area contributed by atoms with Crippen LogP contribution in [0.2, 0.25) is 0 Å². The van der Waals surface area contributed by atoms with Gasteiger partial charge in [0.25, 0.3) is 0 Å². The van der Waals surface area contributed by atoms with Gasteiger partial charge in [0.15, 0.2) is 0 Å². The standard InChI is InChI=1S/C7H12INS2/c1-9-5-7(4-6(9)8)10-2-3-11-7/h6H,2-5H2,1H3. The summed E-state index contributed by atoms with van der Waals surface area (Å²) in [6.45, 7) is 1.29. The third-order valence-electron chi connectivity index (χ3n) is 2.26. The summed E-state index contributed by atoms with van der Waals surface area (Å²) in [5, 5.41) is 0. The van der Waals surface area contributed by atoms with E-state index >= 15 is 0 Å². The molecule has 2 heterocycles. The van der Waals surface area contributed by atoms with Gasteiger partial charge in [-0.2, -0.15) is 0 Å². The van der Waals surface area contributed by atoms with Gasteiger partial charge in [0, 0.05) is 18.1 Å². The Hall–Kier alpha value is 1.39. The normalized spacial score (nSPS) is 37.1. The largest absolute Gasteiger partial charge is 0.292 e. The van der Waals surface area contributed by atoms with Gasteiger partial charge in [-0.1, -0.05) is 22.6 Å². The van der Waals surface area contributed by atoms with E-state index < -0.39 is 0 Å². The summed E-state index contributed by atoms with van der Waals surface area (Å²) < 4.78 is 1.35. The summed E-state index contributed by atoms with van der Waals surface area (Å²) in [7, 11) is 2.24. The molecule has 1 atom stereocenters.